The lowest BCUT2D eigenvalue weighted by atomic mass is 9.74. The molecule has 4 rings (SSSR count). The smallest absolute Gasteiger partial charge is 0.404 e. The van der Waals surface area contributed by atoms with Gasteiger partial charge in [0.2, 0.25) is 0 Å². The van der Waals surface area contributed by atoms with E-state index in [9.17, 15) is 4.79 Å². The molecule has 0 saturated carbocycles. The molecule has 0 spiro atoms. The van der Waals surface area contributed by atoms with Gasteiger partial charge in [-0.15, -0.1) is 0 Å². The number of ether oxygens (including phenoxy) is 1. The van der Waals surface area contributed by atoms with Gasteiger partial charge in [-0.3, -0.25) is 4.98 Å². The van der Waals surface area contributed by atoms with E-state index < -0.39 is 6.09 Å². The van der Waals surface area contributed by atoms with Gasteiger partial charge in [-0.1, -0.05) is 47.1 Å². The summed E-state index contributed by atoms with van der Waals surface area (Å²) in [6, 6.07) is 9.43. The molecule has 2 aromatic heterocycles. The normalized spacial score (nSPS) is 15.3. The summed E-state index contributed by atoms with van der Waals surface area (Å²) in [4.78, 5) is 28.0. The van der Waals surface area contributed by atoms with Crippen LogP contribution in [0.2, 0.25) is 10.0 Å². The van der Waals surface area contributed by atoms with Crippen LogP contribution in [0.3, 0.4) is 0 Å². The van der Waals surface area contributed by atoms with Gasteiger partial charge >= 0.3 is 6.09 Å². The van der Waals surface area contributed by atoms with E-state index in [1.165, 1.54) is 11.8 Å². The van der Waals surface area contributed by atoms with Crippen LogP contribution in [0.4, 0.5) is 10.6 Å². The van der Waals surface area contributed by atoms with Crippen LogP contribution >= 0.6 is 35.0 Å². The Bertz CT molecular complexity index is 1140. The SMILES string of the molecule is Cc1nc(N2CCC(COC(N)=O)(c3cccnc3)CC2)cnc1Sc1cccc(Cl)c1Cl. The van der Waals surface area contributed by atoms with E-state index in [0.29, 0.717) is 10.0 Å². The van der Waals surface area contributed by atoms with Crippen LogP contribution < -0.4 is 10.6 Å². The van der Waals surface area contributed by atoms with Gasteiger partial charge in [0, 0.05) is 35.8 Å². The summed E-state index contributed by atoms with van der Waals surface area (Å²) < 4.78 is 5.23. The third-order valence-corrected chi connectivity index (χ3v) is 7.91. The van der Waals surface area contributed by atoms with Crippen LogP contribution in [0.5, 0.6) is 0 Å². The highest BCUT2D eigenvalue weighted by molar-refractivity contribution is 7.99. The number of amides is 1. The summed E-state index contributed by atoms with van der Waals surface area (Å²) in [5.74, 6) is 0.810. The number of piperidine rings is 1. The van der Waals surface area contributed by atoms with Crippen molar-refractivity contribution in [2.45, 2.75) is 35.1 Å². The molecule has 1 aliphatic heterocycles. The molecule has 2 N–H and O–H groups in total. The Kier molecular flexibility index (Phi) is 7.26. The minimum atomic E-state index is -0.768. The van der Waals surface area contributed by atoms with Crippen molar-refractivity contribution in [1.82, 2.24) is 15.0 Å². The van der Waals surface area contributed by atoms with Crippen molar-refractivity contribution in [2.24, 2.45) is 5.73 Å². The largest absolute Gasteiger partial charge is 0.449 e. The molecular formula is C23H23Cl2N5O2S. The number of benzene rings is 1. The van der Waals surface area contributed by atoms with Crippen LogP contribution in [-0.2, 0) is 10.2 Å². The van der Waals surface area contributed by atoms with Crippen molar-refractivity contribution in [2.75, 3.05) is 24.6 Å². The first-order chi connectivity index (χ1) is 15.9. The quantitative estimate of drug-likeness (QED) is 0.489. The second-order valence-corrected chi connectivity index (χ2v) is 9.71. The number of rotatable bonds is 6. The first-order valence-corrected chi connectivity index (χ1v) is 12.0. The Balaban J connectivity index is 1.49. The number of halogens is 2. The average molecular weight is 504 g/mol. The van der Waals surface area contributed by atoms with Gasteiger partial charge in [0.15, 0.2) is 0 Å². The molecule has 0 aliphatic carbocycles. The summed E-state index contributed by atoms with van der Waals surface area (Å²) in [7, 11) is 0. The lowest BCUT2D eigenvalue weighted by molar-refractivity contribution is 0.112. The minimum absolute atomic E-state index is 0.225. The third kappa shape index (κ3) is 5.34. The number of pyridine rings is 1. The monoisotopic (exact) mass is 503 g/mol. The third-order valence-electron chi connectivity index (χ3n) is 5.82. The predicted molar refractivity (Wildman–Crippen MR) is 130 cm³/mol. The van der Waals surface area contributed by atoms with Gasteiger partial charge in [-0.2, -0.15) is 0 Å². The van der Waals surface area contributed by atoms with E-state index >= 15 is 0 Å². The topological polar surface area (TPSA) is 94.2 Å². The Hall–Kier alpha value is -2.55. The molecule has 172 valence electrons. The molecule has 10 heteroatoms. The van der Waals surface area contributed by atoms with E-state index in [1.807, 2.05) is 37.4 Å². The molecule has 0 atom stereocenters. The van der Waals surface area contributed by atoms with E-state index in [0.717, 1.165) is 52.9 Å². The summed E-state index contributed by atoms with van der Waals surface area (Å²) in [6.45, 7) is 3.62. The fourth-order valence-corrected chi connectivity index (χ4v) is 5.27. The molecule has 1 saturated heterocycles. The van der Waals surface area contributed by atoms with Crippen molar-refractivity contribution in [3.63, 3.8) is 0 Å². The number of anilines is 1. The molecule has 3 heterocycles. The maximum absolute atomic E-state index is 11.3. The molecular weight excluding hydrogens is 481 g/mol. The Labute approximate surface area is 206 Å². The second-order valence-electron chi connectivity index (χ2n) is 7.89. The molecule has 0 bridgehead atoms. The Morgan fingerprint density at radius 3 is 2.67 bits per heavy atom. The number of aromatic nitrogens is 3. The first-order valence-electron chi connectivity index (χ1n) is 10.4. The fraction of sp³-hybridized carbons (Fsp3) is 0.304. The van der Waals surface area contributed by atoms with Crippen molar-refractivity contribution >= 4 is 46.9 Å². The van der Waals surface area contributed by atoms with Crippen molar-refractivity contribution < 1.29 is 9.53 Å². The van der Waals surface area contributed by atoms with Crippen molar-refractivity contribution in [1.29, 1.82) is 0 Å². The molecule has 1 aliphatic rings. The van der Waals surface area contributed by atoms with Gasteiger partial charge in [-0.05, 0) is 43.5 Å². The minimum Gasteiger partial charge on any atom is -0.449 e. The average Bonchev–Trinajstić information content (AvgIpc) is 2.83. The van der Waals surface area contributed by atoms with Crippen LogP contribution in [-0.4, -0.2) is 40.7 Å². The van der Waals surface area contributed by atoms with Crippen LogP contribution in [0.25, 0.3) is 0 Å². The number of aryl methyl sites for hydroxylation is 1. The maximum Gasteiger partial charge on any atom is 0.404 e. The summed E-state index contributed by atoms with van der Waals surface area (Å²) in [6.07, 6.45) is 6.11. The number of carbonyl (C=O) groups is 1. The zero-order valence-corrected chi connectivity index (χ0v) is 20.3. The van der Waals surface area contributed by atoms with Crippen LogP contribution in [0.15, 0.2) is 58.8 Å². The van der Waals surface area contributed by atoms with Crippen LogP contribution in [0.1, 0.15) is 24.1 Å². The Morgan fingerprint density at radius 1 is 1.21 bits per heavy atom. The summed E-state index contributed by atoms with van der Waals surface area (Å²) >= 11 is 13.9. The van der Waals surface area contributed by atoms with E-state index in [4.69, 9.17) is 38.7 Å². The lowest BCUT2D eigenvalue weighted by Crippen LogP contribution is -2.46. The van der Waals surface area contributed by atoms with Gasteiger partial charge in [0.25, 0.3) is 0 Å². The molecule has 0 unspecified atom stereocenters. The van der Waals surface area contributed by atoms with E-state index in [1.54, 1.807) is 18.5 Å². The number of hydrogen-bond donors (Lipinski definition) is 1. The molecule has 3 aromatic rings. The summed E-state index contributed by atoms with van der Waals surface area (Å²) in [5.41, 5.74) is 6.77. The van der Waals surface area contributed by atoms with Gasteiger partial charge in [0.1, 0.15) is 17.5 Å². The standard InChI is InChI=1S/C23H23Cl2N5O2S/c1-15-21(33-18-6-2-5-17(24)20(18)25)28-13-19(29-15)30-10-7-23(8-11-30,14-32-22(26)31)16-4-3-9-27-12-16/h2-6,9,12-13H,7-8,10-11,14H2,1H3,(H2,26,31). The van der Waals surface area contributed by atoms with E-state index in [2.05, 4.69) is 14.9 Å². The van der Waals surface area contributed by atoms with Crippen LogP contribution in [0, 0.1) is 6.92 Å². The molecule has 0 radical (unpaired) electrons. The summed E-state index contributed by atoms with van der Waals surface area (Å²) in [5, 5.41) is 1.80. The van der Waals surface area contributed by atoms with Gasteiger partial charge in [0.05, 0.1) is 21.9 Å². The van der Waals surface area contributed by atoms with Gasteiger partial charge in [-0.25, -0.2) is 14.8 Å². The Morgan fingerprint density at radius 2 is 2.00 bits per heavy atom. The number of primary amides is 1. The molecule has 33 heavy (non-hydrogen) atoms. The number of carbonyl (C=O) groups excluding carboxylic acids is 1. The predicted octanol–water partition coefficient (Wildman–Crippen LogP) is 5.27. The van der Waals surface area contributed by atoms with Gasteiger partial charge < -0.3 is 15.4 Å². The zero-order chi connectivity index (χ0) is 23.4. The zero-order valence-electron chi connectivity index (χ0n) is 18.0. The first kappa shape index (κ1) is 23.6. The van der Waals surface area contributed by atoms with Crippen molar-refractivity contribution in [3.8, 4) is 0 Å². The molecule has 1 aromatic carbocycles. The number of hydrogen-bond acceptors (Lipinski definition) is 7. The highest BCUT2D eigenvalue weighted by Crippen LogP contribution is 2.39. The molecule has 1 amide bonds. The van der Waals surface area contributed by atoms with E-state index in [-0.39, 0.29) is 12.0 Å². The maximum atomic E-state index is 11.3. The highest BCUT2D eigenvalue weighted by atomic mass is 35.5. The second kappa shape index (κ2) is 10.2. The molecule has 1 fully saturated rings. The number of nitrogens with two attached hydrogens (primary N) is 1. The van der Waals surface area contributed by atoms with Crippen molar-refractivity contribution in [3.05, 3.63) is 70.2 Å². The fourth-order valence-electron chi connectivity index (χ4n) is 3.94. The lowest BCUT2D eigenvalue weighted by Gasteiger charge is -2.41. The molecule has 7 nitrogen and oxygen atoms in total. The highest BCUT2D eigenvalue weighted by Gasteiger charge is 2.38. The number of nitrogens with zero attached hydrogens (tertiary/aromatic N) is 4.